The largest absolute Gasteiger partial charge is 0.416 e. The predicted molar refractivity (Wildman–Crippen MR) is 66.5 cm³/mol. The minimum atomic E-state index is -4.50. The zero-order valence-electron chi connectivity index (χ0n) is 10.8. The van der Waals surface area contributed by atoms with Crippen molar-refractivity contribution >= 4 is 5.69 Å². The van der Waals surface area contributed by atoms with Crippen LogP contribution in [-0.4, -0.2) is 6.54 Å². The van der Waals surface area contributed by atoms with Gasteiger partial charge in [0, 0.05) is 6.54 Å². The Kier molecular flexibility index (Phi) is 3.74. The first-order chi connectivity index (χ1) is 8.86. The standard InChI is InChI=1S/C14H17F4N/c1-2-13(6-3-7-13)9-19-12-5-4-10(8-11(12)15)14(16,17)18/h4-5,8,19H,2-3,6-7,9H2,1H3. The Hall–Kier alpha value is -1.26. The Bertz CT molecular complexity index is 444. The molecule has 1 fully saturated rings. The third-order valence-corrected chi connectivity index (χ3v) is 4.11. The van der Waals surface area contributed by atoms with Crippen LogP contribution in [0.25, 0.3) is 0 Å². The normalized spacial score (nSPS) is 17.9. The molecule has 1 aliphatic rings. The molecule has 1 N–H and O–H groups in total. The summed E-state index contributed by atoms with van der Waals surface area (Å²) in [5.41, 5.74) is -0.619. The monoisotopic (exact) mass is 275 g/mol. The summed E-state index contributed by atoms with van der Waals surface area (Å²) in [4.78, 5) is 0. The summed E-state index contributed by atoms with van der Waals surface area (Å²) < 4.78 is 50.8. The topological polar surface area (TPSA) is 12.0 Å². The van der Waals surface area contributed by atoms with Crippen molar-refractivity contribution in [3.05, 3.63) is 29.6 Å². The average Bonchev–Trinajstić information content (AvgIpc) is 2.28. The lowest BCUT2D eigenvalue weighted by Crippen LogP contribution is -2.36. The lowest BCUT2D eigenvalue weighted by atomic mass is 9.67. The molecule has 2 rings (SSSR count). The molecular formula is C14H17F4N. The molecule has 0 amide bonds. The van der Waals surface area contributed by atoms with Crippen LogP contribution in [0, 0.1) is 11.2 Å². The van der Waals surface area contributed by atoms with Gasteiger partial charge >= 0.3 is 6.18 Å². The lowest BCUT2D eigenvalue weighted by Gasteiger charge is -2.41. The number of benzene rings is 1. The van der Waals surface area contributed by atoms with Crippen LogP contribution >= 0.6 is 0 Å². The fourth-order valence-corrected chi connectivity index (χ4v) is 2.45. The van der Waals surface area contributed by atoms with Gasteiger partial charge in [-0.2, -0.15) is 13.2 Å². The Morgan fingerprint density at radius 1 is 1.26 bits per heavy atom. The molecule has 19 heavy (non-hydrogen) atoms. The summed E-state index contributed by atoms with van der Waals surface area (Å²) in [5, 5.41) is 2.94. The molecule has 0 spiro atoms. The van der Waals surface area contributed by atoms with Gasteiger partial charge in [-0.3, -0.25) is 0 Å². The third-order valence-electron chi connectivity index (χ3n) is 4.11. The van der Waals surface area contributed by atoms with Crippen molar-refractivity contribution in [3.63, 3.8) is 0 Å². The number of hydrogen-bond donors (Lipinski definition) is 1. The second-order valence-corrected chi connectivity index (χ2v) is 5.25. The first-order valence-electron chi connectivity index (χ1n) is 6.47. The molecule has 0 bridgehead atoms. The Labute approximate surface area is 110 Å². The quantitative estimate of drug-likeness (QED) is 0.775. The molecule has 0 atom stereocenters. The highest BCUT2D eigenvalue weighted by molar-refractivity contribution is 5.47. The summed E-state index contributed by atoms with van der Waals surface area (Å²) >= 11 is 0. The Balaban J connectivity index is 2.05. The van der Waals surface area contributed by atoms with Crippen molar-refractivity contribution in [2.24, 2.45) is 5.41 Å². The molecule has 0 aromatic heterocycles. The fraction of sp³-hybridized carbons (Fsp3) is 0.571. The van der Waals surface area contributed by atoms with Crippen molar-refractivity contribution in [1.82, 2.24) is 0 Å². The highest BCUT2D eigenvalue weighted by Gasteiger charge is 2.35. The first-order valence-corrected chi connectivity index (χ1v) is 6.47. The minimum absolute atomic E-state index is 0.146. The van der Waals surface area contributed by atoms with Crippen LogP contribution < -0.4 is 5.32 Å². The lowest BCUT2D eigenvalue weighted by molar-refractivity contribution is -0.137. The van der Waals surface area contributed by atoms with E-state index >= 15 is 0 Å². The van der Waals surface area contributed by atoms with Gasteiger partial charge in [0.15, 0.2) is 0 Å². The van der Waals surface area contributed by atoms with Gasteiger partial charge in [-0.05, 0) is 42.9 Å². The number of rotatable bonds is 4. The number of halogens is 4. The molecule has 106 valence electrons. The van der Waals surface area contributed by atoms with Crippen molar-refractivity contribution in [3.8, 4) is 0 Å². The SMILES string of the molecule is CCC1(CNc2ccc(C(F)(F)F)cc2F)CCC1. The molecule has 1 aromatic carbocycles. The molecule has 1 saturated carbocycles. The Morgan fingerprint density at radius 2 is 1.95 bits per heavy atom. The van der Waals surface area contributed by atoms with Gasteiger partial charge in [0.2, 0.25) is 0 Å². The van der Waals surface area contributed by atoms with Crippen LogP contribution in [0.4, 0.5) is 23.2 Å². The second-order valence-electron chi connectivity index (χ2n) is 5.25. The molecule has 0 heterocycles. The van der Waals surface area contributed by atoms with Gasteiger partial charge in [-0.1, -0.05) is 13.3 Å². The van der Waals surface area contributed by atoms with E-state index in [4.69, 9.17) is 0 Å². The highest BCUT2D eigenvalue weighted by Crippen LogP contribution is 2.43. The van der Waals surface area contributed by atoms with Gasteiger partial charge in [-0.25, -0.2) is 4.39 Å². The summed E-state index contributed by atoms with van der Waals surface area (Å²) in [6, 6.07) is 2.62. The van der Waals surface area contributed by atoms with Crippen molar-refractivity contribution in [2.45, 2.75) is 38.8 Å². The summed E-state index contributed by atoms with van der Waals surface area (Å²) in [7, 11) is 0. The molecule has 1 aromatic rings. The minimum Gasteiger partial charge on any atom is -0.382 e. The number of alkyl halides is 3. The zero-order chi connectivity index (χ0) is 14.1. The van der Waals surface area contributed by atoms with Crippen LogP contribution in [0.2, 0.25) is 0 Å². The van der Waals surface area contributed by atoms with E-state index in [1.807, 2.05) is 0 Å². The van der Waals surface area contributed by atoms with Gasteiger partial charge in [0.25, 0.3) is 0 Å². The smallest absolute Gasteiger partial charge is 0.382 e. The summed E-state index contributed by atoms with van der Waals surface area (Å²) in [6.45, 7) is 2.70. The zero-order valence-corrected chi connectivity index (χ0v) is 10.8. The van der Waals surface area contributed by atoms with E-state index < -0.39 is 17.6 Å². The van der Waals surface area contributed by atoms with Crippen molar-refractivity contribution in [1.29, 1.82) is 0 Å². The van der Waals surface area contributed by atoms with Crippen LogP contribution in [0.1, 0.15) is 38.2 Å². The van der Waals surface area contributed by atoms with Crippen LogP contribution in [0.15, 0.2) is 18.2 Å². The molecule has 1 aliphatic carbocycles. The molecule has 0 saturated heterocycles. The van der Waals surface area contributed by atoms with E-state index in [0.29, 0.717) is 12.6 Å². The van der Waals surface area contributed by atoms with Gasteiger partial charge in [-0.15, -0.1) is 0 Å². The Morgan fingerprint density at radius 3 is 2.37 bits per heavy atom. The van der Waals surface area contributed by atoms with E-state index in [9.17, 15) is 17.6 Å². The summed E-state index contributed by atoms with van der Waals surface area (Å²) in [5.74, 6) is -0.847. The van der Waals surface area contributed by atoms with Gasteiger partial charge in [0.1, 0.15) is 5.82 Å². The predicted octanol–water partition coefficient (Wildman–Crippen LogP) is 4.84. The third kappa shape index (κ3) is 3.01. The molecule has 0 unspecified atom stereocenters. The number of anilines is 1. The van der Waals surface area contributed by atoms with E-state index in [1.165, 1.54) is 12.5 Å². The number of nitrogens with one attached hydrogen (secondary N) is 1. The maximum Gasteiger partial charge on any atom is 0.416 e. The molecule has 5 heteroatoms. The number of hydrogen-bond acceptors (Lipinski definition) is 1. The highest BCUT2D eigenvalue weighted by atomic mass is 19.4. The van der Waals surface area contributed by atoms with Crippen LogP contribution in [0.3, 0.4) is 0 Å². The van der Waals surface area contributed by atoms with Gasteiger partial charge in [0.05, 0.1) is 11.3 Å². The first kappa shape index (κ1) is 14.2. The maximum atomic E-state index is 13.6. The fourth-order valence-electron chi connectivity index (χ4n) is 2.45. The molecular weight excluding hydrogens is 258 g/mol. The molecule has 0 aliphatic heterocycles. The van der Waals surface area contributed by atoms with E-state index in [-0.39, 0.29) is 11.1 Å². The molecule has 1 nitrogen and oxygen atoms in total. The van der Waals surface area contributed by atoms with Crippen molar-refractivity contribution in [2.75, 3.05) is 11.9 Å². The second kappa shape index (κ2) is 5.02. The van der Waals surface area contributed by atoms with E-state index in [1.54, 1.807) is 0 Å². The van der Waals surface area contributed by atoms with E-state index in [2.05, 4.69) is 12.2 Å². The van der Waals surface area contributed by atoms with Gasteiger partial charge < -0.3 is 5.32 Å². The molecule has 0 radical (unpaired) electrons. The average molecular weight is 275 g/mol. The van der Waals surface area contributed by atoms with E-state index in [0.717, 1.165) is 25.3 Å². The van der Waals surface area contributed by atoms with Crippen molar-refractivity contribution < 1.29 is 17.6 Å². The van der Waals surface area contributed by atoms with Crippen LogP contribution in [-0.2, 0) is 6.18 Å². The maximum absolute atomic E-state index is 13.6. The summed E-state index contributed by atoms with van der Waals surface area (Å²) in [6.07, 6.45) is -0.136. The van der Waals surface area contributed by atoms with Crippen LogP contribution in [0.5, 0.6) is 0 Å².